The summed E-state index contributed by atoms with van der Waals surface area (Å²) >= 11 is 3.44. The SMILES string of the molecule is CCNC(=NCCCSc1nccs1)NCCCNC(=O)OC(C)(C)C.I. The molecule has 0 radical (unpaired) electrons. The van der Waals surface area contributed by atoms with Crippen molar-refractivity contribution >= 4 is 59.1 Å². The molecule has 0 atom stereocenters. The second kappa shape index (κ2) is 15.2. The summed E-state index contributed by atoms with van der Waals surface area (Å²) in [6.07, 6.45) is 3.25. The van der Waals surface area contributed by atoms with E-state index in [1.54, 1.807) is 23.1 Å². The molecule has 1 aromatic heterocycles. The molecule has 0 aliphatic carbocycles. The minimum absolute atomic E-state index is 0. The van der Waals surface area contributed by atoms with E-state index in [0.717, 1.165) is 48.5 Å². The number of thiazole rings is 1. The Balaban J connectivity index is 0.00000676. The third-order valence-corrected chi connectivity index (χ3v) is 4.92. The van der Waals surface area contributed by atoms with Crippen LogP contribution in [-0.4, -0.2) is 54.6 Å². The average Bonchev–Trinajstić information content (AvgIpc) is 3.05. The van der Waals surface area contributed by atoms with Crippen LogP contribution in [0.2, 0.25) is 0 Å². The molecule has 0 aliphatic rings. The number of amides is 1. The number of carbonyl (C=O) groups excluding carboxylic acids is 1. The Morgan fingerprint density at radius 2 is 2.00 bits per heavy atom. The number of carbonyl (C=O) groups is 1. The highest BCUT2D eigenvalue weighted by Crippen LogP contribution is 2.20. The molecule has 3 N–H and O–H groups in total. The van der Waals surface area contributed by atoms with Crippen molar-refractivity contribution in [2.45, 2.75) is 50.5 Å². The van der Waals surface area contributed by atoms with Gasteiger partial charge >= 0.3 is 6.09 Å². The van der Waals surface area contributed by atoms with Gasteiger partial charge in [0, 0.05) is 43.5 Å². The molecular formula is C17H32IN5O2S2. The van der Waals surface area contributed by atoms with Crippen molar-refractivity contribution < 1.29 is 9.53 Å². The van der Waals surface area contributed by atoms with E-state index in [4.69, 9.17) is 4.74 Å². The van der Waals surface area contributed by atoms with E-state index in [1.165, 1.54) is 0 Å². The molecule has 0 saturated heterocycles. The zero-order chi connectivity index (χ0) is 19.3. The van der Waals surface area contributed by atoms with Gasteiger partial charge in [0.25, 0.3) is 0 Å². The Bertz CT molecular complexity index is 536. The number of rotatable bonds is 10. The van der Waals surface area contributed by atoms with Crippen molar-refractivity contribution in [2.24, 2.45) is 4.99 Å². The Morgan fingerprint density at radius 3 is 2.63 bits per heavy atom. The van der Waals surface area contributed by atoms with Crippen LogP contribution in [0.15, 0.2) is 20.9 Å². The number of aliphatic imine (C=N–C) groups is 1. The quantitative estimate of drug-likeness (QED) is 0.141. The van der Waals surface area contributed by atoms with Gasteiger partial charge in [-0.3, -0.25) is 4.99 Å². The zero-order valence-corrected chi connectivity index (χ0v) is 20.5. The van der Waals surface area contributed by atoms with Crippen LogP contribution < -0.4 is 16.0 Å². The van der Waals surface area contributed by atoms with Gasteiger partial charge in [-0.1, -0.05) is 11.8 Å². The fourth-order valence-corrected chi connectivity index (χ4v) is 3.47. The highest BCUT2D eigenvalue weighted by Gasteiger charge is 2.15. The predicted molar refractivity (Wildman–Crippen MR) is 126 cm³/mol. The standard InChI is InChI=1S/C17H31N5O2S2.HI/c1-5-18-14(20-10-7-12-25-16-22-11-13-26-16)19-8-6-9-21-15(23)24-17(2,3)4;/h11,13H,5-10,12H2,1-4H3,(H,21,23)(H2,18,19,20);1H. The van der Waals surface area contributed by atoms with Gasteiger partial charge in [-0.05, 0) is 40.5 Å². The van der Waals surface area contributed by atoms with Crippen molar-refractivity contribution in [3.8, 4) is 0 Å². The molecule has 1 aromatic rings. The van der Waals surface area contributed by atoms with Gasteiger partial charge in [-0.2, -0.15) is 0 Å². The maximum atomic E-state index is 11.6. The van der Waals surface area contributed by atoms with Crippen LogP contribution >= 0.6 is 47.1 Å². The first kappa shape index (κ1) is 26.2. The maximum Gasteiger partial charge on any atom is 0.407 e. The van der Waals surface area contributed by atoms with E-state index in [2.05, 4.69) is 25.9 Å². The summed E-state index contributed by atoms with van der Waals surface area (Å²) in [5, 5.41) is 11.2. The lowest BCUT2D eigenvalue weighted by Gasteiger charge is -2.19. The largest absolute Gasteiger partial charge is 0.444 e. The summed E-state index contributed by atoms with van der Waals surface area (Å²) in [7, 11) is 0. The Morgan fingerprint density at radius 1 is 1.26 bits per heavy atom. The molecule has 0 aliphatic heterocycles. The lowest BCUT2D eigenvalue weighted by atomic mass is 10.2. The van der Waals surface area contributed by atoms with Gasteiger partial charge in [0.05, 0.1) is 0 Å². The van der Waals surface area contributed by atoms with Crippen molar-refractivity contribution in [3.63, 3.8) is 0 Å². The molecule has 0 spiro atoms. The van der Waals surface area contributed by atoms with Crippen molar-refractivity contribution in [1.29, 1.82) is 0 Å². The molecule has 27 heavy (non-hydrogen) atoms. The van der Waals surface area contributed by atoms with Crippen LogP contribution in [0.3, 0.4) is 0 Å². The second-order valence-corrected chi connectivity index (χ2v) is 8.71. The maximum absolute atomic E-state index is 11.6. The Kier molecular flexibility index (Phi) is 14.8. The molecule has 7 nitrogen and oxygen atoms in total. The smallest absolute Gasteiger partial charge is 0.407 e. The lowest BCUT2D eigenvalue weighted by Crippen LogP contribution is -2.39. The number of nitrogens with one attached hydrogen (secondary N) is 3. The number of hydrogen-bond donors (Lipinski definition) is 3. The van der Waals surface area contributed by atoms with Gasteiger partial charge in [0.15, 0.2) is 5.96 Å². The van der Waals surface area contributed by atoms with Gasteiger partial charge in [0.2, 0.25) is 0 Å². The number of hydrogen-bond acceptors (Lipinski definition) is 6. The highest BCUT2D eigenvalue weighted by atomic mass is 127. The summed E-state index contributed by atoms with van der Waals surface area (Å²) in [5.41, 5.74) is -0.467. The lowest BCUT2D eigenvalue weighted by molar-refractivity contribution is 0.0527. The number of nitrogens with zero attached hydrogens (tertiary/aromatic N) is 2. The van der Waals surface area contributed by atoms with E-state index in [1.807, 2.05) is 39.3 Å². The minimum atomic E-state index is -0.467. The van der Waals surface area contributed by atoms with E-state index < -0.39 is 5.60 Å². The summed E-state index contributed by atoms with van der Waals surface area (Å²) in [6.45, 7) is 10.5. The molecule has 156 valence electrons. The number of guanidine groups is 1. The number of thioether (sulfide) groups is 1. The summed E-state index contributed by atoms with van der Waals surface area (Å²) in [5.74, 6) is 1.82. The van der Waals surface area contributed by atoms with Crippen LogP contribution in [-0.2, 0) is 4.74 Å². The van der Waals surface area contributed by atoms with Gasteiger partial charge in [-0.25, -0.2) is 9.78 Å². The average molecular weight is 530 g/mol. The summed E-state index contributed by atoms with van der Waals surface area (Å²) in [6, 6.07) is 0. The van der Waals surface area contributed by atoms with Gasteiger partial charge in [-0.15, -0.1) is 35.3 Å². The third kappa shape index (κ3) is 14.9. The molecule has 10 heteroatoms. The third-order valence-electron chi connectivity index (χ3n) is 2.87. The molecule has 0 bridgehead atoms. The first-order valence-corrected chi connectivity index (χ1v) is 10.8. The van der Waals surface area contributed by atoms with E-state index in [0.29, 0.717) is 6.54 Å². The number of ether oxygens (including phenoxy) is 1. The molecule has 0 saturated carbocycles. The molecule has 1 amide bonds. The van der Waals surface area contributed by atoms with Crippen LogP contribution in [0.5, 0.6) is 0 Å². The fourth-order valence-electron chi connectivity index (χ4n) is 1.84. The normalized spacial score (nSPS) is 11.5. The Labute approximate surface area is 187 Å². The van der Waals surface area contributed by atoms with E-state index >= 15 is 0 Å². The summed E-state index contributed by atoms with van der Waals surface area (Å²) < 4.78 is 6.30. The zero-order valence-electron chi connectivity index (χ0n) is 16.5. The molecule has 1 heterocycles. The molecule has 0 aromatic carbocycles. The minimum Gasteiger partial charge on any atom is -0.444 e. The number of halogens is 1. The topological polar surface area (TPSA) is 87.6 Å². The van der Waals surface area contributed by atoms with E-state index in [9.17, 15) is 4.79 Å². The van der Waals surface area contributed by atoms with Crippen LogP contribution in [0, 0.1) is 0 Å². The van der Waals surface area contributed by atoms with Gasteiger partial charge in [0.1, 0.15) is 9.94 Å². The molecule has 1 rings (SSSR count). The molecule has 0 fully saturated rings. The first-order valence-electron chi connectivity index (χ1n) is 8.92. The van der Waals surface area contributed by atoms with Crippen molar-refractivity contribution in [3.05, 3.63) is 11.6 Å². The van der Waals surface area contributed by atoms with Crippen molar-refractivity contribution in [2.75, 3.05) is 31.9 Å². The molecule has 0 unspecified atom stereocenters. The monoisotopic (exact) mass is 529 g/mol. The highest BCUT2D eigenvalue weighted by molar-refractivity contribution is 14.0. The van der Waals surface area contributed by atoms with Crippen LogP contribution in [0.1, 0.15) is 40.5 Å². The van der Waals surface area contributed by atoms with Crippen LogP contribution in [0.4, 0.5) is 4.79 Å². The van der Waals surface area contributed by atoms with E-state index in [-0.39, 0.29) is 30.1 Å². The summed E-state index contributed by atoms with van der Waals surface area (Å²) in [4.78, 5) is 20.4. The van der Waals surface area contributed by atoms with Crippen LogP contribution in [0.25, 0.3) is 0 Å². The van der Waals surface area contributed by atoms with Crippen molar-refractivity contribution in [1.82, 2.24) is 20.9 Å². The Hall–Kier alpha value is -0.750. The molecular weight excluding hydrogens is 497 g/mol. The number of aromatic nitrogens is 1. The number of alkyl carbamates (subject to hydrolysis) is 1. The first-order chi connectivity index (χ1) is 12.4. The second-order valence-electron chi connectivity index (χ2n) is 6.47. The van der Waals surface area contributed by atoms with Gasteiger partial charge < -0.3 is 20.7 Å². The predicted octanol–water partition coefficient (Wildman–Crippen LogP) is 3.71. The fraction of sp³-hybridized carbons (Fsp3) is 0.706.